The standard InChI is InChI=1S/C34H49F5N4O7/c1-9-18(2)29(42(6)23(45)17-40-33(47)34(4)13-11-14-41(34)5)21(48-7)16-22(44)43-15-10-12-20(43)30(49-8)19(3)32(46)50-31-27(38)25(36)24(35)26(37)28(31)39/h18-21,29-30H,9-17H2,1-8H3,(H,40,47)/t18-,19+,20-,21+,29-,30+,34+/m0/s1. The number of benzene rings is 1. The van der Waals surface area contributed by atoms with Gasteiger partial charge in [0.15, 0.2) is 0 Å². The van der Waals surface area contributed by atoms with Crippen molar-refractivity contribution >= 4 is 23.7 Å². The molecule has 0 radical (unpaired) electrons. The number of likely N-dealkylation sites (tertiary alicyclic amines) is 2. The van der Waals surface area contributed by atoms with Crippen molar-refractivity contribution in [2.75, 3.05) is 47.9 Å². The Labute approximate surface area is 289 Å². The number of nitrogens with zero attached hydrogens (tertiary/aromatic N) is 3. The number of esters is 1. The maximum atomic E-state index is 14.2. The van der Waals surface area contributed by atoms with Crippen LogP contribution in [-0.4, -0.2) is 116 Å². The van der Waals surface area contributed by atoms with Crippen molar-refractivity contribution in [3.63, 3.8) is 0 Å². The van der Waals surface area contributed by atoms with Gasteiger partial charge >= 0.3 is 5.97 Å². The number of nitrogens with one attached hydrogen (secondary N) is 1. The number of rotatable bonds is 15. The predicted octanol–water partition coefficient (Wildman–Crippen LogP) is 3.81. The van der Waals surface area contributed by atoms with Crippen LogP contribution in [0, 0.1) is 40.9 Å². The molecule has 0 saturated carbocycles. The molecule has 7 atom stereocenters. The van der Waals surface area contributed by atoms with Gasteiger partial charge in [-0.2, -0.15) is 8.78 Å². The summed E-state index contributed by atoms with van der Waals surface area (Å²) in [7, 11) is 6.16. The average Bonchev–Trinajstić information content (AvgIpc) is 3.73. The van der Waals surface area contributed by atoms with Crippen molar-refractivity contribution in [2.45, 2.75) is 96.1 Å². The molecule has 0 aromatic heterocycles. The van der Waals surface area contributed by atoms with Gasteiger partial charge in [-0.1, -0.05) is 20.3 Å². The molecule has 11 nitrogen and oxygen atoms in total. The molecule has 3 rings (SSSR count). The summed E-state index contributed by atoms with van der Waals surface area (Å²) in [4.78, 5) is 58.2. The highest BCUT2D eigenvalue weighted by atomic mass is 19.2. The normalized spacial score (nSPS) is 22.5. The first-order valence-electron chi connectivity index (χ1n) is 16.8. The molecule has 2 heterocycles. The number of ether oxygens (including phenoxy) is 3. The molecule has 282 valence electrons. The highest BCUT2D eigenvalue weighted by Crippen LogP contribution is 2.33. The summed E-state index contributed by atoms with van der Waals surface area (Å²) >= 11 is 0. The summed E-state index contributed by atoms with van der Waals surface area (Å²) in [6.07, 6.45) is 1.10. The second-order valence-electron chi connectivity index (χ2n) is 13.4. The maximum absolute atomic E-state index is 14.2. The van der Waals surface area contributed by atoms with E-state index < -0.39 is 76.6 Å². The molecule has 3 amide bonds. The lowest BCUT2D eigenvalue weighted by molar-refractivity contribution is -0.150. The van der Waals surface area contributed by atoms with Gasteiger partial charge in [-0.3, -0.25) is 24.1 Å². The van der Waals surface area contributed by atoms with Crippen LogP contribution in [0.25, 0.3) is 0 Å². The van der Waals surface area contributed by atoms with Gasteiger partial charge in [0.05, 0.1) is 48.7 Å². The monoisotopic (exact) mass is 720 g/mol. The number of hydrogen-bond acceptors (Lipinski definition) is 8. The van der Waals surface area contributed by atoms with Gasteiger partial charge in [0, 0.05) is 27.8 Å². The van der Waals surface area contributed by atoms with E-state index in [4.69, 9.17) is 9.47 Å². The largest absolute Gasteiger partial charge is 0.420 e. The minimum Gasteiger partial charge on any atom is -0.420 e. The van der Waals surface area contributed by atoms with E-state index in [1.807, 2.05) is 32.7 Å². The Hall–Kier alpha value is -3.37. The Morgan fingerprint density at radius 1 is 0.960 bits per heavy atom. The van der Waals surface area contributed by atoms with Gasteiger partial charge < -0.3 is 29.3 Å². The highest BCUT2D eigenvalue weighted by Gasteiger charge is 2.44. The van der Waals surface area contributed by atoms with Crippen LogP contribution in [-0.2, 0) is 28.7 Å². The summed E-state index contributed by atoms with van der Waals surface area (Å²) in [5.41, 5.74) is -0.708. The molecular weight excluding hydrogens is 671 g/mol. The van der Waals surface area contributed by atoms with Gasteiger partial charge in [-0.15, -0.1) is 0 Å². The van der Waals surface area contributed by atoms with Crippen LogP contribution in [0.5, 0.6) is 5.75 Å². The van der Waals surface area contributed by atoms with Crippen molar-refractivity contribution in [3.8, 4) is 5.75 Å². The number of amides is 3. The molecule has 2 aliphatic heterocycles. The summed E-state index contributed by atoms with van der Waals surface area (Å²) in [5, 5.41) is 2.77. The van der Waals surface area contributed by atoms with Crippen LogP contribution in [0.2, 0.25) is 0 Å². The molecule has 0 bridgehead atoms. The molecule has 50 heavy (non-hydrogen) atoms. The number of carbonyl (C=O) groups is 4. The van der Waals surface area contributed by atoms with E-state index >= 15 is 0 Å². The number of hydrogen-bond donors (Lipinski definition) is 1. The predicted molar refractivity (Wildman–Crippen MR) is 171 cm³/mol. The van der Waals surface area contributed by atoms with E-state index in [9.17, 15) is 41.1 Å². The Kier molecular flexibility index (Phi) is 14.1. The van der Waals surface area contributed by atoms with E-state index in [2.05, 4.69) is 10.1 Å². The van der Waals surface area contributed by atoms with E-state index in [1.165, 1.54) is 30.9 Å². The highest BCUT2D eigenvalue weighted by molar-refractivity contribution is 5.90. The number of carbonyl (C=O) groups excluding carboxylic acids is 4. The summed E-state index contributed by atoms with van der Waals surface area (Å²) in [6, 6.07) is -1.27. The Balaban J connectivity index is 1.74. The van der Waals surface area contributed by atoms with E-state index in [0.717, 1.165) is 13.0 Å². The van der Waals surface area contributed by atoms with Crippen LogP contribution < -0.4 is 10.1 Å². The number of likely N-dealkylation sites (N-methyl/N-ethyl adjacent to an activating group) is 2. The second-order valence-corrected chi connectivity index (χ2v) is 13.4. The number of halogens is 5. The van der Waals surface area contributed by atoms with E-state index in [1.54, 1.807) is 7.05 Å². The first-order valence-corrected chi connectivity index (χ1v) is 16.8. The minimum absolute atomic E-state index is 0.117. The first kappa shape index (κ1) is 41.1. The molecular formula is C34H49F5N4O7. The smallest absolute Gasteiger partial charge is 0.316 e. The first-order chi connectivity index (χ1) is 23.5. The lowest BCUT2D eigenvalue weighted by Gasteiger charge is -2.39. The zero-order valence-corrected chi connectivity index (χ0v) is 29.9. The van der Waals surface area contributed by atoms with Crippen LogP contribution >= 0.6 is 0 Å². The summed E-state index contributed by atoms with van der Waals surface area (Å²) in [6.45, 7) is 7.83. The van der Waals surface area contributed by atoms with Crippen molar-refractivity contribution in [1.29, 1.82) is 0 Å². The molecule has 0 spiro atoms. The fourth-order valence-electron chi connectivity index (χ4n) is 7.03. The molecule has 1 aromatic carbocycles. The van der Waals surface area contributed by atoms with Gasteiger partial charge in [0.25, 0.3) is 0 Å². The van der Waals surface area contributed by atoms with Gasteiger partial charge in [0.1, 0.15) is 0 Å². The fraction of sp³-hybridized carbons (Fsp3) is 0.706. The SMILES string of the molecule is CC[C@H](C)[C@@H]([C@@H](CC(=O)N1CCC[C@H]1[C@H](OC)[C@@H](C)C(=O)Oc1c(F)c(F)c(F)c(F)c1F)OC)N(C)C(=O)CNC(=O)[C@@]1(C)CCCN1C. The molecule has 1 N–H and O–H groups in total. The van der Waals surface area contributed by atoms with E-state index in [0.29, 0.717) is 25.7 Å². The zero-order chi connectivity index (χ0) is 37.7. The zero-order valence-electron chi connectivity index (χ0n) is 29.9. The van der Waals surface area contributed by atoms with Gasteiger partial charge in [-0.05, 0) is 59.0 Å². The molecule has 1 aromatic rings. The molecule has 2 aliphatic rings. The Morgan fingerprint density at radius 2 is 1.56 bits per heavy atom. The lowest BCUT2D eigenvalue weighted by atomic mass is 9.90. The van der Waals surface area contributed by atoms with Crippen molar-refractivity contribution in [2.24, 2.45) is 11.8 Å². The molecule has 2 saturated heterocycles. The van der Waals surface area contributed by atoms with Crippen LogP contribution in [0.1, 0.15) is 66.2 Å². The third-order valence-electron chi connectivity index (χ3n) is 10.5. The Bertz CT molecular complexity index is 1390. The molecule has 2 fully saturated rings. The summed E-state index contributed by atoms with van der Waals surface area (Å²) in [5.74, 6) is -17.0. The van der Waals surface area contributed by atoms with Gasteiger partial charge in [-0.25, -0.2) is 13.2 Å². The third-order valence-corrected chi connectivity index (χ3v) is 10.5. The van der Waals surface area contributed by atoms with Crippen molar-refractivity contribution in [3.05, 3.63) is 29.1 Å². The fourth-order valence-corrected chi connectivity index (χ4v) is 7.03. The van der Waals surface area contributed by atoms with E-state index in [-0.39, 0.29) is 43.1 Å². The molecule has 0 unspecified atom stereocenters. The topological polar surface area (TPSA) is 118 Å². The van der Waals surface area contributed by atoms with Crippen molar-refractivity contribution in [1.82, 2.24) is 20.0 Å². The lowest BCUT2D eigenvalue weighted by Crippen LogP contribution is -2.56. The molecule has 16 heteroatoms. The number of methoxy groups -OCH3 is 2. The van der Waals surface area contributed by atoms with Crippen LogP contribution in [0.15, 0.2) is 0 Å². The quantitative estimate of drug-likeness (QED) is 0.0957. The van der Waals surface area contributed by atoms with Crippen LogP contribution in [0.4, 0.5) is 22.0 Å². The maximum Gasteiger partial charge on any atom is 0.316 e. The van der Waals surface area contributed by atoms with Crippen LogP contribution in [0.3, 0.4) is 0 Å². The third kappa shape index (κ3) is 8.39. The minimum atomic E-state index is -2.39. The average molecular weight is 721 g/mol. The summed E-state index contributed by atoms with van der Waals surface area (Å²) < 4.78 is 85.3. The van der Waals surface area contributed by atoms with Gasteiger partial charge in [0.2, 0.25) is 52.6 Å². The Morgan fingerprint density at radius 3 is 2.08 bits per heavy atom. The second kappa shape index (κ2) is 17.2. The van der Waals surface area contributed by atoms with Crippen molar-refractivity contribution < 1.29 is 55.3 Å². The molecule has 0 aliphatic carbocycles.